The van der Waals surface area contributed by atoms with Gasteiger partial charge >= 0.3 is 0 Å². The van der Waals surface area contributed by atoms with Crippen LogP contribution in [0, 0.1) is 12.8 Å². The van der Waals surface area contributed by atoms with Crippen LogP contribution in [0.25, 0.3) is 0 Å². The molecule has 0 heterocycles. The lowest BCUT2D eigenvalue weighted by atomic mass is 10.1. The number of alkyl halides is 1. The topological polar surface area (TPSA) is 37.4 Å². The molecule has 0 amide bonds. The fourth-order valence-corrected chi connectivity index (χ4v) is 4.72. The molecule has 1 aromatic carbocycles. The highest BCUT2D eigenvalue weighted by molar-refractivity contribution is 9.10. The van der Waals surface area contributed by atoms with Crippen LogP contribution in [0.5, 0.6) is 0 Å². The van der Waals surface area contributed by atoms with Crippen LogP contribution in [0.3, 0.4) is 0 Å². The Labute approximate surface area is 141 Å². The molecule has 1 aromatic rings. The Morgan fingerprint density at radius 2 is 1.95 bits per heavy atom. The largest absolute Gasteiger partial charge is 0.243 e. The maximum Gasteiger partial charge on any atom is 0.243 e. The van der Waals surface area contributed by atoms with Gasteiger partial charge in [-0.05, 0) is 36.1 Å². The van der Waals surface area contributed by atoms with E-state index in [-0.39, 0.29) is 0 Å². The number of nitrogens with zero attached hydrogens (tertiary/aromatic N) is 1. The SMILES string of the molecule is CCC(C)CN(CC)S(=O)(=O)c1cc(CCl)cc(Br)c1C. The predicted molar refractivity (Wildman–Crippen MR) is 92.3 cm³/mol. The van der Waals surface area contributed by atoms with Gasteiger partial charge in [0.2, 0.25) is 10.0 Å². The first-order valence-corrected chi connectivity index (χ1v) is 9.89. The number of sulfonamides is 1. The van der Waals surface area contributed by atoms with Gasteiger partial charge in [-0.2, -0.15) is 4.31 Å². The molecule has 120 valence electrons. The summed E-state index contributed by atoms with van der Waals surface area (Å²) in [6.07, 6.45) is 0.955. The average molecular weight is 397 g/mol. The molecule has 3 nitrogen and oxygen atoms in total. The van der Waals surface area contributed by atoms with Crippen LogP contribution >= 0.6 is 27.5 Å². The Morgan fingerprint density at radius 3 is 2.43 bits per heavy atom. The summed E-state index contributed by atoms with van der Waals surface area (Å²) >= 11 is 9.29. The van der Waals surface area contributed by atoms with Crippen LogP contribution < -0.4 is 0 Å². The highest BCUT2D eigenvalue weighted by atomic mass is 79.9. The molecule has 0 aliphatic carbocycles. The van der Waals surface area contributed by atoms with Crippen molar-refractivity contribution in [2.24, 2.45) is 5.92 Å². The number of halogens is 2. The smallest absolute Gasteiger partial charge is 0.207 e. The number of hydrogen-bond acceptors (Lipinski definition) is 2. The Bertz CT molecular complexity index is 590. The molecule has 0 saturated heterocycles. The van der Waals surface area contributed by atoms with E-state index >= 15 is 0 Å². The van der Waals surface area contributed by atoms with Crippen molar-refractivity contribution in [1.29, 1.82) is 0 Å². The molecule has 0 fully saturated rings. The van der Waals surface area contributed by atoms with Gasteiger partial charge in [-0.1, -0.05) is 43.1 Å². The summed E-state index contributed by atoms with van der Waals surface area (Å²) in [7, 11) is -3.50. The van der Waals surface area contributed by atoms with Crippen LogP contribution in [-0.2, 0) is 15.9 Å². The zero-order chi connectivity index (χ0) is 16.2. The van der Waals surface area contributed by atoms with Crippen molar-refractivity contribution in [1.82, 2.24) is 4.31 Å². The highest BCUT2D eigenvalue weighted by Crippen LogP contribution is 2.29. The summed E-state index contributed by atoms with van der Waals surface area (Å²) in [4.78, 5) is 0.345. The maximum absolute atomic E-state index is 12.9. The van der Waals surface area contributed by atoms with Crippen molar-refractivity contribution in [2.45, 2.75) is 44.9 Å². The molecule has 0 saturated carbocycles. The second kappa shape index (κ2) is 7.95. The first-order valence-electron chi connectivity index (χ1n) is 7.13. The summed E-state index contributed by atoms with van der Waals surface area (Å²) in [5.41, 5.74) is 1.53. The molecule has 21 heavy (non-hydrogen) atoms. The van der Waals surface area contributed by atoms with E-state index in [2.05, 4.69) is 29.8 Å². The van der Waals surface area contributed by atoms with E-state index in [9.17, 15) is 8.42 Å². The van der Waals surface area contributed by atoms with Gasteiger partial charge in [0.1, 0.15) is 0 Å². The molecule has 1 unspecified atom stereocenters. The summed E-state index contributed by atoms with van der Waals surface area (Å²) in [6.45, 7) is 8.82. The lowest BCUT2D eigenvalue weighted by molar-refractivity contribution is 0.361. The van der Waals surface area contributed by atoms with Crippen LogP contribution in [-0.4, -0.2) is 25.8 Å². The molecule has 0 N–H and O–H groups in total. The number of benzene rings is 1. The van der Waals surface area contributed by atoms with Gasteiger partial charge in [0.25, 0.3) is 0 Å². The summed E-state index contributed by atoms with van der Waals surface area (Å²) in [5.74, 6) is 0.624. The van der Waals surface area contributed by atoms with E-state index in [0.29, 0.717) is 29.8 Å². The van der Waals surface area contributed by atoms with Crippen LogP contribution in [0.1, 0.15) is 38.3 Å². The van der Waals surface area contributed by atoms with Gasteiger partial charge in [-0.25, -0.2) is 8.42 Å². The molecule has 6 heteroatoms. The van der Waals surface area contributed by atoms with Crippen molar-refractivity contribution in [2.75, 3.05) is 13.1 Å². The Morgan fingerprint density at radius 1 is 1.33 bits per heavy atom. The van der Waals surface area contributed by atoms with Gasteiger partial charge in [-0.3, -0.25) is 0 Å². The molecule has 0 radical (unpaired) electrons. The second-order valence-electron chi connectivity index (χ2n) is 5.30. The van der Waals surface area contributed by atoms with Crippen molar-refractivity contribution < 1.29 is 8.42 Å². The van der Waals surface area contributed by atoms with Crippen LogP contribution in [0.4, 0.5) is 0 Å². The number of hydrogen-bond donors (Lipinski definition) is 0. The minimum Gasteiger partial charge on any atom is -0.207 e. The Balaban J connectivity index is 3.31. The monoisotopic (exact) mass is 395 g/mol. The minimum absolute atomic E-state index is 0.291. The number of rotatable bonds is 7. The molecule has 0 bridgehead atoms. The third-order valence-corrected chi connectivity index (χ3v) is 6.89. The van der Waals surface area contributed by atoms with E-state index in [1.165, 1.54) is 0 Å². The third kappa shape index (κ3) is 4.44. The molecule has 1 rings (SSSR count). The molecule has 0 spiro atoms. The van der Waals surface area contributed by atoms with Gasteiger partial charge in [-0.15, -0.1) is 11.6 Å². The predicted octanol–water partition coefficient (Wildman–Crippen LogP) is 4.55. The normalized spacial score (nSPS) is 13.7. The molecular formula is C15H23BrClNO2S. The highest BCUT2D eigenvalue weighted by Gasteiger charge is 2.27. The van der Waals surface area contributed by atoms with Gasteiger partial charge in [0, 0.05) is 23.4 Å². The second-order valence-corrected chi connectivity index (χ2v) is 8.33. The average Bonchev–Trinajstić information content (AvgIpc) is 2.46. The summed E-state index contributed by atoms with van der Waals surface area (Å²) < 4.78 is 28.2. The lowest BCUT2D eigenvalue weighted by Gasteiger charge is -2.25. The van der Waals surface area contributed by atoms with E-state index in [1.54, 1.807) is 10.4 Å². The standard InChI is InChI=1S/C15H23BrClNO2S/c1-5-11(3)10-18(6-2)21(19,20)15-8-13(9-17)7-14(16)12(15)4/h7-8,11H,5-6,9-10H2,1-4H3. The van der Waals surface area contributed by atoms with Crippen LogP contribution in [0.2, 0.25) is 0 Å². The van der Waals surface area contributed by atoms with E-state index < -0.39 is 10.0 Å². The van der Waals surface area contributed by atoms with Crippen molar-refractivity contribution in [3.63, 3.8) is 0 Å². The Kier molecular flexibility index (Phi) is 7.17. The van der Waals surface area contributed by atoms with E-state index in [4.69, 9.17) is 11.6 Å². The van der Waals surface area contributed by atoms with Crippen LogP contribution in [0.15, 0.2) is 21.5 Å². The molecule has 1 atom stereocenters. The summed E-state index contributed by atoms with van der Waals surface area (Å²) in [5, 5.41) is 0. The van der Waals surface area contributed by atoms with Crippen molar-refractivity contribution in [3.05, 3.63) is 27.7 Å². The fourth-order valence-electron chi connectivity index (χ4n) is 2.07. The van der Waals surface area contributed by atoms with Gasteiger partial charge < -0.3 is 0 Å². The van der Waals surface area contributed by atoms with E-state index in [1.807, 2.05) is 19.9 Å². The molecule has 0 aromatic heterocycles. The van der Waals surface area contributed by atoms with Gasteiger partial charge in [0.15, 0.2) is 0 Å². The Hall–Kier alpha value is -0.100. The van der Waals surface area contributed by atoms with Gasteiger partial charge in [0.05, 0.1) is 4.90 Å². The van der Waals surface area contributed by atoms with Crippen molar-refractivity contribution >= 4 is 37.6 Å². The first-order chi connectivity index (χ1) is 9.77. The molecule has 0 aliphatic heterocycles. The van der Waals surface area contributed by atoms with E-state index in [0.717, 1.165) is 22.0 Å². The first kappa shape index (κ1) is 18.9. The zero-order valence-electron chi connectivity index (χ0n) is 13.0. The quantitative estimate of drug-likeness (QED) is 0.634. The minimum atomic E-state index is -3.50. The third-order valence-electron chi connectivity index (χ3n) is 3.69. The van der Waals surface area contributed by atoms with Crippen molar-refractivity contribution in [3.8, 4) is 0 Å². The molecule has 0 aliphatic rings. The fraction of sp³-hybridized carbons (Fsp3) is 0.600. The maximum atomic E-state index is 12.9. The molecular weight excluding hydrogens is 374 g/mol. The zero-order valence-corrected chi connectivity index (χ0v) is 16.1. The lowest BCUT2D eigenvalue weighted by Crippen LogP contribution is -2.35. The summed E-state index contributed by atoms with van der Waals surface area (Å²) in [6, 6.07) is 3.55.